The molecule has 1 aromatic carbocycles. The maximum absolute atomic E-state index is 5.94. The highest BCUT2D eigenvalue weighted by molar-refractivity contribution is 5.99. The number of anilines is 1. The lowest BCUT2D eigenvalue weighted by Crippen LogP contribution is -1.92. The summed E-state index contributed by atoms with van der Waals surface area (Å²) in [4.78, 5) is 0. The molecular weight excluding hydrogens is 212 g/mol. The van der Waals surface area contributed by atoms with Crippen molar-refractivity contribution in [1.82, 2.24) is 14.8 Å². The summed E-state index contributed by atoms with van der Waals surface area (Å²) in [6, 6.07) is 8.30. The summed E-state index contributed by atoms with van der Waals surface area (Å²) in [6.45, 7) is 2.09. The largest absolute Gasteiger partial charge is 0.396 e. The number of benzene rings is 1. The van der Waals surface area contributed by atoms with Crippen molar-refractivity contribution in [3.05, 3.63) is 36.2 Å². The number of para-hydroxylation sites is 1. The van der Waals surface area contributed by atoms with Crippen LogP contribution >= 0.6 is 0 Å². The molecule has 0 amide bonds. The highest BCUT2D eigenvalue weighted by Crippen LogP contribution is 2.35. The van der Waals surface area contributed by atoms with Gasteiger partial charge in [-0.05, 0) is 13.0 Å². The third-order valence-electron chi connectivity index (χ3n) is 3.32. The highest BCUT2D eigenvalue weighted by atomic mass is 15.1. The quantitative estimate of drug-likeness (QED) is 0.669. The Morgan fingerprint density at radius 1 is 1.29 bits per heavy atom. The molecule has 0 aliphatic carbocycles. The van der Waals surface area contributed by atoms with Crippen LogP contribution in [0.1, 0.15) is 5.69 Å². The second kappa shape index (κ2) is 3.38. The zero-order chi connectivity index (χ0) is 12.0. The first-order valence-electron chi connectivity index (χ1n) is 5.53. The van der Waals surface area contributed by atoms with Crippen LogP contribution in [0.5, 0.6) is 0 Å². The highest BCUT2D eigenvalue weighted by Gasteiger charge is 2.16. The molecule has 4 nitrogen and oxygen atoms in total. The van der Waals surface area contributed by atoms with Gasteiger partial charge >= 0.3 is 0 Å². The van der Waals surface area contributed by atoms with Crippen LogP contribution in [0.3, 0.4) is 0 Å². The topological polar surface area (TPSA) is 59.6 Å². The van der Waals surface area contributed by atoms with E-state index < -0.39 is 0 Å². The van der Waals surface area contributed by atoms with Gasteiger partial charge in [0.05, 0.1) is 17.6 Å². The molecule has 3 aromatic rings. The van der Waals surface area contributed by atoms with E-state index in [1.54, 1.807) is 6.20 Å². The summed E-state index contributed by atoms with van der Waals surface area (Å²) in [5.41, 5.74) is 11.0. The minimum absolute atomic E-state index is 0.685. The minimum atomic E-state index is 0.685. The average molecular weight is 226 g/mol. The van der Waals surface area contributed by atoms with Crippen molar-refractivity contribution in [1.29, 1.82) is 0 Å². The first-order chi connectivity index (χ1) is 8.20. The summed E-state index contributed by atoms with van der Waals surface area (Å²) in [5, 5.41) is 8.17. The van der Waals surface area contributed by atoms with Crippen molar-refractivity contribution >= 4 is 16.6 Å². The molecule has 0 aliphatic heterocycles. The van der Waals surface area contributed by atoms with E-state index in [0.717, 1.165) is 11.3 Å². The number of nitrogen functional groups attached to an aromatic ring is 1. The number of hydrogen-bond acceptors (Lipinski definition) is 2. The van der Waals surface area contributed by atoms with E-state index in [4.69, 9.17) is 5.73 Å². The fraction of sp³-hybridized carbons (Fsp3) is 0.154. The van der Waals surface area contributed by atoms with E-state index in [-0.39, 0.29) is 0 Å². The normalized spacial score (nSPS) is 11.2. The van der Waals surface area contributed by atoms with Crippen LogP contribution in [-0.4, -0.2) is 14.8 Å². The molecule has 3 N–H and O–H groups in total. The number of aromatic nitrogens is 3. The van der Waals surface area contributed by atoms with Crippen LogP contribution < -0.4 is 5.73 Å². The van der Waals surface area contributed by atoms with E-state index in [1.807, 2.05) is 12.1 Å². The lowest BCUT2D eigenvalue weighted by atomic mass is 10.1. The monoisotopic (exact) mass is 226 g/mol. The van der Waals surface area contributed by atoms with Crippen LogP contribution in [0.15, 0.2) is 30.5 Å². The Balaban J connectivity index is 2.45. The van der Waals surface area contributed by atoms with Gasteiger partial charge in [0.1, 0.15) is 0 Å². The zero-order valence-corrected chi connectivity index (χ0v) is 9.86. The van der Waals surface area contributed by atoms with Crippen molar-refractivity contribution in [2.45, 2.75) is 6.92 Å². The summed E-state index contributed by atoms with van der Waals surface area (Å²) in [7, 11) is 2.06. The van der Waals surface area contributed by atoms with E-state index >= 15 is 0 Å². The molecule has 0 aliphatic rings. The number of nitrogens with two attached hydrogens (primary N) is 1. The van der Waals surface area contributed by atoms with Gasteiger partial charge < -0.3 is 10.3 Å². The van der Waals surface area contributed by atoms with Crippen molar-refractivity contribution < 1.29 is 0 Å². The Labute approximate surface area is 99.1 Å². The number of hydrogen-bond donors (Lipinski definition) is 2. The summed E-state index contributed by atoms with van der Waals surface area (Å²) >= 11 is 0. The molecule has 0 bridgehead atoms. The average Bonchev–Trinajstić information content (AvgIpc) is 2.84. The van der Waals surface area contributed by atoms with Crippen LogP contribution in [0.4, 0.5) is 5.69 Å². The van der Waals surface area contributed by atoms with E-state index in [1.165, 1.54) is 16.6 Å². The van der Waals surface area contributed by atoms with Crippen molar-refractivity contribution in [3.63, 3.8) is 0 Å². The molecule has 0 spiro atoms. The van der Waals surface area contributed by atoms with Gasteiger partial charge in [-0.2, -0.15) is 5.10 Å². The standard InChI is InChI=1S/C13H14N4/c1-8-12(13-10(14)7-15-16-13)9-5-3-4-6-11(9)17(8)2/h3-7H,14H2,1-2H3,(H,15,16). The van der Waals surface area contributed by atoms with E-state index in [0.29, 0.717) is 5.69 Å². The van der Waals surface area contributed by atoms with Crippen molar-refractivity contribution in [2.75, 3.05) is 5.73 Å². The van der Waals surface area contributed by atoms with Gasteiger partial charge in [-0.15, -0.1) is 0 Å². The minimum Gasteiger partial charge on any atom is -0.396 e. The molecule has 17 heavy (non-hydrogen) atoms. The molecule has 0 atom stereocenters. The van der Waals surface area contributed by atoms with Crippen molar-refractivity contribution in [3.8, 4) is 11.3 Å². The third-order valence-corrected chi connectivity index (χ3v) is 3.32. The van der Waals surface area contributed by atoms with Crippen LogP contribution in [0.25, 0.3) is 22.2 Å². The predicted octanol–water partition coefficient (Wildman–Crippen LogP) is 2.46. The second-order valence-corrected chi connectivity index (χ2v) is 4.24. The Morgan fingerprint density at radius 2 is 2.06 bits per heavy atom. The maximum atomic E-state index is 5.94. The molecule has 0 saturated carbocycles. The first-order valence-corrected chi connectivity index (χ1v) is 5.53. The first kappa shape index (κ1) is 9.96. The molecule has 0 saturated heterocycles. The number of aryl methyl sites for hydroxylation is 1. The molecular formula is C13H14N4. The molecule has 0 unspecified atom stereocenters. The Morgan fingerprint density at radius 3 is 2.76 bits per heavy atom. The van der Waals surface area contributed by atoms with Gasteiger partial charge in [0, 0.05) is 29.2 Å². The molecule has 2 aromatic heterocycles. The molecule has 86 valence electrons. The summed E-state index contributed by atoms with van der Waals surface area (Å²) in [6.07, 6.45) is 1.65. The third kappa shape index (κ3) is 1.27. The molecule has 0 fully saturated rings. The SMILES string of the molecule is Cc1c(-c2[nH]ncc2N)c2ccccc2n1C. The van der Waals surface area contributed by atoms with E-state index in [9.17, 15) is 0 Å². The van der Waals surface area contributed by atoms with Gasteiger partial charge in [0.15, 0.2) is 0 Å². The number of H-pyrrole nitrogens is 1. The fourth-order valence-electron chi connectivity index (χ4n) is 2.33. The fourth-order valence-corrected chi connectivity index (χ4v) is 2.33. The number of aromatic amines is 1. The number of fused-ring (bicyclic) bond motifs is 1. The van der Waals surface area contributed by atoms with Gasteiger partial charge in [-0.3, -0.25) is 5.10 Å². The van der Waals surface area contributed by atoms with Crippen LogP contribution in [-0.2, 0) is 7.05 Å². The van der Waals surface area contributed by atoms with Crippen molar-refractivity contribution in [2.24, 2.45) is 7.05 Å². The second-order valence-electron chi connectivity index (χ2n) is 4.24. The molecule has 3 rings (SSSR count). The molecule has 2 heterocycles. The van der Waals surface area contributed by atoms with Gasteiger partial charge in [-0.1, -0.05) is 18.2 Å². The smallest absolute Gasteiger partial charge is 0.0904 e. The predicted molar refractivity (Wildman–Crippen MR) is 69.7 cm³/mol. The lowest BCUT2D eigenvalue weighted by molar-refractivity contribution is 0.918. The Kier molecular flexibility index (Phi) is 1.98. The summed E-state index contributed by atoms with van der Waals surface area (Å²) < 4.78 is 2.17. The Hall–Kier alpha value is -2.23. The number of rotatable bonds is 1. The van der Waals surface area contributed by atoms with Gasteiger partial charge in [-0.25, -0.2) is 0 Å². The van der Waals surface area contributed by atoms with Crippen LogP contribution in [0.2, 0.25) is 0 Å². The van der Waals surface area contributed by atoms with Crippen LogP contribution in [0, 0.1) is 6.92 Å². The lowest BCUT2D eigenvalue weighted by Gasteiger charge is -2.00. The summed E-state index contributed by atoms with van der Waals surface area (Å²) in [5.74, 6) is 0. The molecule has 4 heteroatoms. The van der Waals surface area contributed by atoms with Gasteiger partial charge in [0.25, 0.3) is 0 Å². The maximum Gasteiger partial charge on any atom is 0.0904 e. The molecule has 0 radical (unpaired) electrons. The van der Waals surface area contributed by atoms with Gasteiger partial charge in [0.2, 0.25) is 0 Å². The van der Waals surface area contributed by atoms with E-state index in [2.05, 4.69) is 40.9 Å². The zero-order valence-electron chi connectivity index (χ0n) is 9.86. The Bertz CT molecular complexity index is 691. The number of nitrogens with zero attached hydrogens (tertiary/aromatic N) is 2. The number of nitrogens with one attached hydrogen (secondary N) is 1.